The average Bonchev–Trinajstić information content (AvgIpc) is 3.65. The molecule has 0 atom stereocenters. The third-order valence-corrected chi connectivity index (χ3v) is 12.6. The standard InChI is InChI=1S/C59H38N2O/c1-3-18-39(19-4-1)41-22-15-24-43(36-41)54-38-55(44-25-16-23-42(37-44)40-20-5-2-6-21-40)61-58(60-54)49-29-8-7-26-45(49)48-30-17-34-53-57(48)62-56-35-14-13-33-52(56)59(53)50-31-11-9-27-46(50)47-28-10-12-32-51(47)59/h1-38H. The quantitative estimate of drug-likeness (QED) is 0.168. The predicted molar refractivity (Wildman–Crippen MR) is 252 cm³/mol. The molecule has 0 N–H and O–H groups in total. The zero-order valence-corrected chi connectivity index (χ0v) is 33.7. The molecule has 62 heavy (non-hydrogen) atoms. The molecular formula is C59H38N2O. The lowest BCUT2D eigenvalue weighted by molar-refractivity contribution is 0.438. The molecule has 0 unspecified atom stereocenters. The van der Waals surface area contributed by atoms with Crippen LogP contribution in [0.3, 0.4) is 0 Å². The van der Waals surface area contributed by atoms with Crippen LogP contribution in [0.2, 0.25) is 0 Å². The second kappa shape index (κ2) is 14.5. The Labute approximate surface area is 361 Å². The topological polar surface area (TPSA) is 35.0 Å². The van der Waals surface area contributed by atoms with Gasteiger partial charge in [-0.15, -0.1) is 0 Å². The highest BCUT2D eigenvalue weighted by molar-refractivity contribution is 5.92. The van der Waals surface area contributed by atoms with Gasteiger partial charge in [0.1, 0.15) is 11.5 Å². The van der Waals surface area contributed by atoms with Crippen LogP contribution in [0.1, 0.15) is 22.3 Å². The van der Waals surface area contributed by atoms with E-state index in [4.69, 9.17) is 14.7 Å². The molecule has 0 amide bonds. The number of hydrogen-bond acceptors (Lipinski definition) is 3. The van der Waals surface area contributed by atoms with E-state index >= 15 is 0 Å². The van der Waals surface area contributed by atoms with E-state index in [2.05, 4.69) is 231 Å². The van der Waals surface area contributed by atoms with E-state index in [9.17, 15) is 0 Å². The minimum absolute atomic E-state index is 0.570. The monoisotopic (exact) mass is 790 g/mol. The summed E-state index contributed by atoms with van der Waals surface area (Å²) in [4.78, 5) is 10.9. The van der Waals surface area contributed by atoms with E-state index in [-0.39, 0.29) is 0 Å². The van der Waals surface area contributed by atoms with Crippen LogP contribution in [0.5, 0.6) is 11.5 Å². The van der Waals surface area contributed by atoms with Gasteiger partial charge in [0.25, 0.3) is 0 Å². The number of aromatic nitrogens is 2. The predicted octanol–water partition coefficient (Wildman–Crippen LogP) is 14.9. The minimum atomic E-state index is -0.570. The van der Waals surface area contributed by atoms with Gasteiger partial charge in [0.2, 0.25) is 0 Å². The molecule has 1 spiro atoms. The zero-order valence-electron chi connectivity index (χ0n) is 33.7. The summed E-state index contributed by atoms with van der Waals surface area (Å²) < 4.78 is 7.13. The lowest BCUT2D eigenvalue weighted by Gasteiger charge is -2.40. The molecule has 1 aliphatic carbocycles. The van der Waals surface area contributed by atoms with Gasteiger partial charge in [0.15, 0.2) is 5.82 Å². The molecular weight excluding hydrogens is 753 g/mol. The molecule has 0 saturated heterocycles. The van der Waals surface area contributed by atoms with Gasteiger partial charge in [-0.3, -0.25) is 0 Å². The van der Waals surface area contributed by atoms with Gasteiger partial charge in [0.05, 0.1) is 16.8 Å². The van der Waals surface area contributed by atoms with Crippen molar-refractivity contribution < 1.29 is 4.74 Å². The fraction of sp³-hybridized carbons (Fsp3) is 0.0169. The Kier molecular flexibility index (Phi) is 8.39. The molecule has 290 valence electrons. The van der Waals surface area contributed by atoms with Crippen molar-refractivity contribution in [1.29, 1.82) is 0 Å². The van der Waals surface area contributed by atoms with Crippen molar-refractivity contribution in [2.75, 3.05) is 0 Å². The molecule has 0 bridgehead atoms. The van der Waals surface area contributed by atoms with Gasteiger partial charge in [-0.05, 0) is 74.3 Å². The van der Waals surface area contributed by atoms with Crippen LogP contribution >= 0.6 is 0 Å². The largest absolute Gasteiger partial charge is 0.456 e. The van der Waals surface area contributed by atoms with Crippen molar-refractivity contribution >= 4 is 0 Å². The van der Waals surface area contributed by atoms with E-state index in [1.807, 2.05) is 0 Å². The lowest BCUT2D eigenvalue weighted by atomic mass is 9.65. The number of ether oxygens (including phenoxy) is 1. The molecule has 0 fully saturated rings. The first-order valence-electron chi connectivity index (χ1n) is 21.1. The van der Waals surface area contributed by atoms with Crippen LogP contribution in [-0.2, 0) is 5.41 Å². The number of para-hydroxylation sites is 2. The summed E-state index contributed by atoms with van der Waals surface area (Å²) in [5, 5.41) is 0. The van der Waals surface area contributed by atoms with E-state index in [0.717, 1.165) is 84.1 Å². The van der Waals surface area contributed by atoms with Crippen LogP contribution in [0.4, 0.5) is 0 Å². The molecule has 2 heterocycles. The summed E-state index contributed by atoms with van der Waals surface area (Å²) in [5.74, 6) is 2.34. The Balaban J connectivity index is 1.08. The van der Waals surface area contributed by atoms with Crippen LogP contribution in [0, 0.1) is 0 Å². The van der Waals surface area contributed by atoms with Gasteiger partial charge in [-0.25, -0.2) is 9.97 Å². The molecule has 1 aromatic heterocycles. The third kappa shape index (κ3) is 5.67. The Morgan fingerprint density at radius 2 is 0.710 bits per heavy atom. The molecule has 10 aromatic rings. The third-order valence-electron chi connectivity index (χ3n) is 12.6. The summed E-state index contributed by atoms with van der Waals surface area (Å²) in [6, 6.07) is 81.8. The van der Waals surface area contributed by atoms with Crippen LogP contribution in [0.15, 0.2) is 231 Å². The van der Waals surface area contributed by atoms with E-state index in [1.54, 1.807) is 0 Å². The molecule has 12 rings (SSSR count). The molecule has 0 saturated carbocycles. The lowest BCUT2D eigenvalue weighted by Crippen LogP contribution is -2.32. The fourth-order valence-corrected chi connectivity index (χ4v) is 9.84. The van der Waals surface area contributed by atoms with Crippen molar-refractivity contribution in [3.05, 3.63) is 253 Å². The van der Waals surface area contributed by atoms with E-state index in [1.165, 1.54) is 22.3 Å². The highest BCUT2D eigenvalue weighted by Crippen LogP contribution is 2.63. The Hall–Kier alpha value is -8.14. The number of hydrogen-bond donors (Lipinski definition) is 0. The Bertz CT molecular complexity index is 3190. The maximum atomic E-state index is 7.13. The second-order valence-corrected chi connectivity index (χ2v) is 16.0. The summed E-state index contributed by atoms with van der Waals surface area (Å²) >= 11 is 0. The first-order valence-corrected chi connectivity index (χ1v) is 21.1. The number of nitrogens with zero attached hydrogens (tertiary/aromatic N) is 2. The maximum Gasteiger partial charge on any atom is 0.161 e. The number of rotatable bonds is 6. The summed E-state index contributed by atoms with van der Waals surface area (Å²) in [5.41, 5.74) is 17.9. The summed E-state index contributed by atoms with van der Waals surface area (Å²) in [7, 11) is 0. The van der Waals surface area contributed by atoms with Crippen LogP contribution in [0.25, 0.3) is 78.4 Å². The highest BCUT2D eigenvalue weighted by atomic mass is 16.5. The van der Waals surface area contributed by atoms with E-state index in [0.29, 0.717) is 5.82 Å². The smallest absolute Gasteiger partial charge is 0.161 e. The number of fused-ring (bicyclic) bond motifs is 9. The van der Waals surface area contributed by atoms with Crippen molar-refractivity contribution in [3.8, 4) is 89.9 Å². The normalized spacial score (nSPS) is 12.8. The zero-order chi connectivity index (χ0) is 41.0. The molecule has 2 aliphatic rings. The second-order valence-electron chi connectivity index (χ2n) is 16.0. The molecule has 1 aliphatic heterocycles. The van der Waals surface area contributed by atoms with Crippen molar-refractivity contribution in [3.63, 3.8) is 0 Å². The van der Waals surface area contributed by atoms with Gasteiger partial charge < -0.3 is 4.74 Å². The fourth-order valence-electron chi connectivity index (χ4n) is 9.84. The van der Waals surface area contributed by atoms with E-state index < -0.39 is 5.41 Å². The van der Waals surface area contributed by atoms with Crippen molar-refractivity contribution in [1.82, 2.24) is 9.97 Å². The molecule has 9 aromatic carbocycles. The first-order chi connectivity index (χ1) is 30.7. The first kappa shape index (κ1) is 35.8. The summed E-state index contributed by atoms with van der Waals surface area (Å²) in [6.07, 6.45) is 0. The average molecular weight is 791 g/mol. The number of benzene rings is 9. The molecule has 3 nitrogen and oxygen atoms in total. The SMILES string of the molecule is c1ccc(-c2cccc(-c3cc(-c4cccc(-c5ccccc5)c4)nc(-c4ccccc4-c4cccc5c4Oc4ccccc4C54c5ccccc5-c5ccccc54)n3)c2)cc1. The van der Waals surface area contributed by atoms with Gasteiger partial charge in [-0.2, -0.15) is 0 Å². The van der Waals surface area contributed by atoms with Crippen molar-refractivity contribution in [2.45, 2.75) is 5.41 Å². The van der Waals surface area contributed by atoms with Crippen LogP contribution < -0.4 is 4.74 Å². The molecule has 0 radical (unpaired) electrons. The Morgan fingerprint density at radius 3 is 1.31 bits per heavy atom. The van der Waals surface area contributed by atoms with Gasteiger partial charge >= 0.3 is 0 Å². The van der Waals surface area contributed by atoms with Gasteiger partial charge in [-0.1, -0.05) is 206 Å². The maximum absolute atomic E-state index is 7.13. The Morgan fingerprint density at radius 1 is 0.290 bits per heavy atom. The molecule has 3 heteroatoms. The van der Waals surface area contributed by atoms with Crippen molar-refractivity contribution in [2.24, 2.45) is 0 Å². The van der Waals surface area contributed by atoms with Gasteiger partial charge in [0, 0.05) is 33.4 Å². The highest BCUT2D eigenvalue weighted by Gasteiger charge is 2.51. The summed E-state index contributed by atoms with van der Waals surface area (Å²) in [6.45, 7) is 0. The minimum Gasteiger partial charge on any atom is -0.456 e. The van der Waals surface area contributed by atoms with Crippen LogP contribution in [-0.4, -0.2) is 9.97 Å².